The van der Waals surface area contributed by atoms with Crippen molar-refractivity contribution in [1.82, 2.24) is 4.57 Å². The van der Waals surface area contributed by atoms with E-state index in [0.29, 0.717) is 13.1 Å². The highest BCUT2D eigenvalue weighted by atomic mass is 19.1. The summed E-state index contributed by atoms with van der Waals surface area (Å²) in [7, 11) is 0. The topological polar surface area (TPSA) is 88.6 Å². The van der Waals surface area contributed by atoms with Gasteiger partial charge in [0.2, 0.25) is 5.43 Å². The number of nitrogens with zero attached hydrogens (tertiary/aromatic N) is 2. The molecule has 2 aromatic rings. The first-order chi connectivity index (χ1) is 11.8. The first-order valence-corrected chi connectivity index (χ1v) is 8.05. The zero-order chi connectivity index (χ0) is 18.5. The molecule has 2 heterocycles. The Morgan fingerprint density at radius 2 is 2.08 bits per heavy atom. The van der Waals surface area contributed by atoms with Crippen LogP contribution in [0.15, 0.2) is 17.1 Å². The molecule has 6 nitrogen and oxygen atoms in total. The second kappa shape index (κ2) is 6.11. The van der Waals surface area contributed by atoms with Crippen LogP contribution in [0.5, 0.6) is 0 Å². The summed E-state index contributed by atoms with van der Waals surface area (Å²) in [4.78, 5) is 25.1. The molecule has 1 aromatic heterocycles. The molecular formula is C17H19F2N3O3. The number of halogens is 2. The summed E-state index contributed by atoms with van der Waals surface area (Å²) in [5.41, 5.74) is 4.21. The highest BCUT2D eigenvalue weighted by Gasteiger charge is 2.32. The lowest BCUT2D eigenvalue weighted by Crippen LogP contribution is -2.29. The normalized spacial score (nSPS) is 20.4. The largest absolute Gasteiger partial charge is 0.477 e. The lowest BCUT2D eigenvalue weighted by atomic mass is 10.1. The van der Waals surface area contributed by atoms with Crippen LogP contribution in [0, 0.1) is 17.6 Å². The number of carboxylic acids is 1. The number of aromatic nitrogens is 1. The van der Waals surface area contributed by atoms with Crippen molar-refractivity contribution < 1.29 is 18.7 Å². The Bertz CT molecular complexity index is 916. The third-order valence-electron chi connectivity index (χ3n) is 4.79. The van der Waals surface area contributed by atoms with Gasteiger partial charge in [-0.05, 0) is 18.9 Å². The Balaban J connectivity index is 2.32. The number of anilines is 1. The molecule has 2 atom stereocenters. The van der Waals surface area contributed by atoms with Gasteiger partial charge >= 0.3 is 5.97 Å². The van der Waals surface area contributed by atoms with E-state index < -0.39 is 28.6 Å². The van der Waals surface area contributed by atoms with Gasteiger partial charge in [-0.15, -0.1) is 0 Å². The number of carbonyl (C=O) groups is 1. The van der Waals surface area contributed by atoms with Crippen LogP contribution < -0.4 is 16.1 Å². The lowest BCUT2D eigenvalue weighted by molar-refractivity contribution is 0.0695. The molecule has 0 amide bonds. The van der Waals surface area contributed by atoms with Crippen molar-refractivity contribution in [3.8, 4) is 0 Å². The lowest BCUT2D eigenvalue weighted by Gasteiger charge is -2.22. The quantitative estimate of drug-likeness (QED) is 0.880. The zero-order valence-electron chi connectivity index (χ0n) is 13.9. The van der Waals surface area contributed by atoms with Gasteiger partial charge in [-0.2, -0.15) is 0 Å². The average molecular weight is 351 g/mol. The van der Waals surface area contributed by atoms with Crippen molar-refractivity contribution in [3.05, 3.63) is 39.7 Å². The number of aryl methyl sites for hydroxylation is 1. The summed E-state index contributed by atoms with van der Waals surface area (Å²) in [5, 5.41) is 8.87. The molecule has 8 heteroatoms. The fourth-order valence-corrected chi connectivity index (χ4v) is 3.34. The summed E-state index contributed by atoms with van der Waals surface area (Å²) in [6, 6.07) is 0.723. The number of hydrogen-bond acceptors (Lipinski definition) is 4. The number of nitrogens with two attached hydrogens (primary N) is 1. The van der Waals surface area contributed by atoms with E-state index >= 15 is 4.39 Å². The Kier molecular flexibility index (Phi) is 4.24. The minimum atomic E-state index is -1.43. The molecule has 1 aliphatic rings. The van der Waals surface area contributed by atoms with Crippen molar-refractivity contribution in [2.75, 3.05) is 18.0 Å². The molecule has 2 unspecified atom stereocenters. The summed E-state index contributed by atoms with van der Waals surface area (Å²) < 4.78 is 31.1. The third-order valence-corrected chi connectivity index (χ3v) is 4.79. The highest BCUT2D eigenvalue weighted by Crippen LogP contribution is 2.33. The van der Waals surface area contributed by atoms with Gasteiger partial charge in [0.15, 0.2) is 5.82 Å². The zero-order valence-corrected chi connectivity index (χ0v) is 13.9. The number of carboxylic acid groups (broad SMARTS) is 1. The minimum absolute atomic E-state index is 0.0808. The minimum Gasteiger partial charge on any atom is -0.477 e. The van der Waals surface area contributed by atoms with Gasteiger partial charge in [-0.1, -0.05) is 6.92 Å². The fourth-order valence-electron chi connectivity index (χ4n) is 3.34. The van der Waals surface area contributed by atoms with Gasteiger partial charge in [0.25, 0.3) is 0 Å². The van der Waals surface area contributed by atoms with Crippen molar-refractivity contribution in [3.63, 3.8) is 0 Å². The molecule has 1 aromatic carbocycles. The molecule has 0 saturated carbocycles. The molecule has 25 heavy (non-hydrogen) atoms. The third kappa shape index (κ3) is 2.66. The van der Waals surface area contributed by atoms with Gasteiger partial charge < -0.3 is 20.3 Å². The summed E-state index contributed by atoms with van der Waals surface area (Å²) in [6.07, 6.45) is 1.09. The Labute approximate surface area is 142 Å². The van der Waals surface area contributed by atoms with Gasteiger partial charge in [0, 0.05) is 31.9 Å². The van der Waals surface area contributed by atoms with E-state index in [4.69, 9.17) is 10.8 Å². The molecule has 0 aliphatic carbocycles. The van der Waals surface area contributed by atoms with Crippen molar-refractivity contribution in [1.29, 1.82) is 0 Å². The molecule has 1 fully saturated rings. The molecule has 0 spiro atoms. The second-order valence-corrected chi connectivity index (χ2v) is 6.43. The van der Waals surface area contributed by atoms with Crippen LogP contribution in [0.2, 0.25) is 0 Å². The van der Waals surface area contributed by atoms with Crippen LogP contribution in [0.25, 0.3) is 10.9 Å². The number of hydrogen-bond donors (Lipinski definition) is 2. The van der Waals surface area contributed by atoms with Crippen LogP contribution in [-0.4, -0.2) is 34.8 Å². The van der Waals surface area contributed by atoms with E-state index in [0.717, 1.165) is 12.3 Å². The van der Waals surface area contributed by atoms with Crippen LogP contribution >= 0.6 is 0 Å². The van der Waals surface area contributed by atoms with Crippen LogP contribution in [0.1, 0.15) is 24.2 Å². The van der Waals surface area contributed by atoms with Crippen molar-refractivity contribution in [2.45, 2.75) is 26.4 Å². The molecule has 3 rings (SSSR count). The molecule has 1 aliphatic heterocycles. The first-order valence-electron chi connectivity index (χ1n) is 8.05. The molecule has 0 bridgehead atoms. The Morgan fingerprint density at radius 1 is 1.40 bits per heavy atom. The number of benzene rings is 1. The van der Waals surface area contributed by atoms with Crippen LogP contribution in [0.4, 0.5) is 14.5 Å². The average Bonchev–Trinajstić information content (AvgIpc) is 2.86. The first kappa shape index (κ1) is 17.3. The number of aromatic carboxylic acids is 1. The molecular weight excluding hydrogens is 332 g/mol. The Hall–Kier alpha value is -2.48. The number of pyridine rings is 1. The molecule has 1 saturated heterocycles. The van der Waals surface area contributed by atoms with E-state index in [9.17, 15) is 14.0 Å². The van der Waals surface area contributed by atoms with Crippen molar-refractivity contribution >= 4 is 22.6 Å². The standard InChI is InChI=1S/C17H19F2N3O3/c1-3-21-6-10(17(24)25)16(23)9-4-11(18)15(13(19)14(9)21)22-5-8(2)12(20)7-22/h4,6,8,12H,3,5,7,20H2,1-2H3,(H,24,25). The molecule has 3 N–H and O–H groups in total. The van der Waals surface area contributed by atoms with E-state index in [1.54, 1.807) is 6.92 Å². The number of fused-ring (bicyclic) bond motifs is 1. The Morgan fingerprint density at radius 3 is 2.60 bits per heavy atom. The maximum Gasteiger partial charge on any atom is 0.341 e. The van der Waals surface area contributed by atoms with Crippen molar-refractivity contribution in [2.24, 2.45) is 11.7 Å². The van der Waals surface area contributed by atoms with Gasteiger partial charge in [-0.25, -0.2) is 13.6 Å². The maximum atomic E-state index is 15.2. The van der Waals surface area contributed by atoms with Gasteiger partial charge in [0.1, 0.15) is 17.1 Å². The second-order valence-electron chi connectivity index (χ2n) is 6.43. The smallest absolute Gasteiger partial charge is 0.341 e. The fraction of sp³-hybridized carbons (Fsp3) is 0.412. The predicted octanol–water partition coefficient (Wildman–Crippen LogP) is 1.78. The summed E-state index contributed by atoms with van der Waals surface area (Å²) >= 11 is 0. The SMILES string of the molecule is CCn1cc(C(=O)O)c(=O)c2cc(F)c(N3CC(C)C(N)C3)c(F)c21. The predicted molar refractivity (Wildman–Crippen MR) is 90.1 cm³/mol. The van der Waals surface area contributed by atoms with Crippen LogP contribution in [-0.2, 0) is 6.54 Å². The van der Waals surface area contributed by atoms with E-state index in [-0.39, 0.29) is 35.1 Å². The van der Waals surface area contributed by atoms with E-state index in [2.05, 4.69) is 0 Å². The van der Waals surface area contributed by atoms with E-state index in [1.807, 2.05) is 6.92 Å². The maximum absolute atomic E-state index is 15.2. The summed E-state index contributed by atoms with van der Waals surface area (Å²) in [5.74, 6) is -3.11. The molecule has 0 radical (unpaired) electrons. The molecule has 134 valence electrons. The monoisotopic (exact) mass is 351 g/mol. The number of rotatable bonds is 3. The van der Waals surface area contributed by atoms with E-state index in [1.165, 1.54) is 9.47 Å². The summed E-state index contributed by atoms with van der Waals surface area (Å²) in [6.45, 7) is 4.54. The van der Waals surface area contributed by atoms with Gasteiger partial charge in [0.05, 0.1) is 10.9 Å². The van der Waals surface area contributed by atoms with Gasteiger partial charge in [-0.3, -0.25) is 4.79 Å². The highest BCUT2D eigenvalue weighted by molar-refractivity contribution is 5.93. The van der Waals surface area contributed by atoms with Crippen LogP contribution in [0.3, 0.4) is 0 Å².